The van der Waals surface area contributed by atoms with E-state index in [0.717, 1.165) is 25.7 Å². The van der Waals surface area contributed by atoms with Gasteiger partial charge in [0.25, 0.3) is 5.91 Å². The summed E-state index contributed by atoms with van der Waals surface area (Å²) in [5.74, 6) is 0.844. The average Bonchev–Trinajstić information content (AvgIpc) is 2.53. The molecular formula is C16H23NO4. The minimum absolute atomic E-state index is 0.0593. The highest BCUT2D eigenvalue weighted by Crippen LogP contribution is 2.27. The highest BCUT2D eigenvalue weighted by molar-refractivity contribution is 5.78. The van der Waals surface area contributed by atoms with Crippen molar-refractivity contribution < 1.29 is 19.1 Å². The van der Waals surface area contributed by atoms with Crippen molar-refractivity contribution in [3.8, 4) is 11.5 Å². The van der Waals surface area contributed by atoms with Crippen LogP contribution in [0.1, 0.15) is 37.0 Å². The quantitative estimate of drug-likeness (QED) is 0.657. The number of nitrogens with zero attached hydrogens (tertiary/aromatic N) is 1. The second kappa shape index (κ2) is 9.00. The van der Waals surface area contributed by atoms with E-state index in [1.165, 1.54) is 7.11 Å². The summed E-state index contributed by atoms with van der Waals surface area (Å²) >= 11 is 0. The fourth-order valence-corrected chi connectivity index (χ4v) is 1.92. The summed E-state index contributed by atoms with van der Waals surface area (Å²) in [5.41, 5.74) is 0.483. The number of unbranched alkanes of at least 4 members (excludes halogenated alkanes) is 1. The summed E-state index contributed by atoms with van der Waals surface area (Å²) in [4.78, 5) is 24.7. The molecule has 0 aromatic heterocycles. The van der Waals surface area contributed by atoms with Crippen LogP contribution in [0.5, 0.6) is 11.5 Å². The zero-order chi connectivity index (χ0) is 15.7. The first kappa shape index (κ1) is 17.0. The predicted molar refractivity (Wildman–Crippen MR) is 81.0 cm³/mol. The van der Waals surface area contributed by atoms with Gasteiger partial charge in [-0.2, -0.15) is 0 Å². The lowest BCUT2D eigenvalue weighted by atomic mass is 10.2. The van der Waals surface area contributed by atoms with Gasteiger partial charge in [0, 0.05) is 18.7 Å². The van der Waals surface area contributed by atoms with Gasteiger partial charge >= 0.3 is 0 Å². The summed E-state index contributed by atoms with van der Waals surface area (Å²) in [6.45, 7) is 5.37. The van der Waals surface area contributed by atoms with Crippen molar-refractivity contribution in [2.45, 2.75) is 26.7 Å². The minimum atomic E-state index is -0.0653. The monoisotopic (exact) mass is 293 g/mol. The SMILES string of the molecule is CCCCN(CC)C(=O)COc1cc(C=O)ccc1OC. The number of methoxy groups -OCH3 is 1. The third-order valence-corrected chi connectivity index (χ3v) is 3.19. The standard InChI is InChI=1S/C16H23NO4/c1-4-6-9-17(5-2)16(19)12-21-15-10-13(11-18)7-8-14(15)20-3/h7-8,10-11H,4-6,9,12H2,1-3H3. The van der Waals surface area contributed by atoms with E-state index in [0.29, 0.717) is 23.6 Å². The first-order valence-electron chi connectivity index (χ1n) is 7.20. The van der Waals surface area contributed by atoms with Gasteiger partial charge in [0.1, 0.15) is 6.29 Å². The lowest BCUT2D eigenvalue weighted by molar-refractivity contribution is -0.133. The Balaban J connectivity index is 2.68. The number of hydrogen-bond acceptors (Lipinski definition) is 4. The molecule has 0 N–H and O–H groups in total. The Morgan fingerprint density at radius 3 is 2.62 bits per heavy atom. The molecule has 21 heavy (non-hydrogen) atoms. The van der Waals surface area contributed by atoms with Crippen LogP contribution >= 0.6 is 0 Å². The number of carbonyl (C=O) groups is 2. The Hall–Kier alpha value is -2.04. The molecule has 0 aliphatic rings. The highest BCUT2D eigenvalue weighted by Gasteiger charge is 2.13. The van der Waals surface area contributed by atoms with E-state index in [2.05, 4.69) is 6.92 Å². The van der Waals surface area contributed by atoms with Gasteiger partial charge in [-0.1, -0.05) is 13.3 Å². The molecule has 0 saturated carbocycles. The molecular weight excluding hydrogens is 270 g/mol. The molecule has 0 heterocycles. The van der Waals surface area contributed by atoms with Gasteiger partial charge in [0.15, 0.2) is 18.1 Å². The number of amides is 1. The number of carbonyl (C=O) groups excluding carboxylic acids is 2. The molecule has 0 radical (unpaired) electrons. The van der Waals surface area contributed by atoms with E-state index in [4.69, 9.17) is 9.47 Å². The molecule has 5 heteroatoms. The third-order valence-electron chi connectivity index (χ3n) is 3.19. The van der Waals surface area contributed by atoms with Crippen LogP contribution in [0.3, 0.4) is 0 Å². The van der Waals surface area contributed by atoms with Crippen LogP contribution in [0, 0.1) is 0 Å². The molecule has 0 saturated heterocycles. The van der Waals surface area contributed by atoms with E-state index in [9.17, 15) is 9.59 Å². The van der Waals surface area contributed by atoms with Crippen LogP contribution in [0.2, 0.25) is 0 Å². The van der Waals surface area contributed by atoms with Crippen LogP contribution in [-0.2, 0) is 4.79 Å². The summed E-state index contributed by atoms with van der Waals surface area (Å²) in [7, 11) is 1.52. The Morgan fingerprint density at radius 2 is 2.05 bits per heavy atom. The number of benzene rings is 1. The molecule has 1 aromatic carbocycles. The highest BCUT2D eigenvalue weighted by atomic mass is 16.5. The second-order valence-electron chi connectivity index (χ2n) is 4.64. The molecule has 0 spiro atoms. The molecule has 0 fully saturated rings. The number of likely N-dealkylation sites (N-methyl/N-ethyl adjacent to an activating group) is 1. The summed E-state index contributed by atoms with van der Waals surface area (Å²) < 4.78 is 10.7. The number of aldehydes is 1. The molecule has 1 aromatic rings. The summed E-state index contributed by atoms with van der Waals surface area (Å²) in [6.07, 6.45) is 2.75. The van der Waals surface area contributed by atoms with Crippen molar-refractivity contribution in [2.24, 2.45) is 0 Å². The zero-order valence-electron chi connectivity index (χ0n) is 12.9. The number of ether oxygens (including phenoxy) is 2. The van der Waals surface area contributed by atoms with E-state index in [1.54, 1.807) is 23.1 Å². The number of rotatable bonds is 9. The van der Waals surface area contributed by atoms with Gasteiger partial charge in [-0.3, -0.25) is 9.59 Å². The largest absolute Gasteiger partial charge is 0.493 e. The van der Waals surface area contributed by atoms with Gasteiger partial charge in [0.2, 0.25) is 0 Å². The first-order chi connectivity index (χ1) is 10.2. The molecule has 0 bridgehead atoms. The molecule has 0 aliphatic heterocycles. The smallest absolute Gasteiger partial charge is 0.260 e. The normalized spacial score (nSPS) is 10.0. The molecule has 5 nitrogen and oxygen atoms in total. The Morgan fingerprint density at radius 1 is 1.29 bits per heavy atom. The molecule has 0 aliphatic carbocycles. The van der Waals surface area contributed by atoms with Gasteiger partial charge in [-0.25, -0.2) is 0 Å². The van der Waals surface area contributed by atoms with Crippen molar-refractivity contribution in [2.75, 3.05) is 26.8 Å². The summed E-state index contributed by atoms with van der Waals surface area (Å²) in [6, 6.07) is 4.86. The first-order valence-corrected chi connectivity index (χ1v) is 7.20. The van der Waals surface area contributed by atoms with E-state index < -0.39 is 0 Å². The van der Waals surface area contributed by atoms with Crippen LogP contribution in [0.4, 0.5) is 0 Å². The lowest BCUT2D eigenvalue weighted by Gasteiger charge is -2.21. The fraction of sp³-hybridized carbons (Fsp3) is 0.500. The molecule has 116 valence electrons. The van der Waals surface area contributed by atoms with Gasteiger partial charge in [-0.15, -0.1) is 0 Å². The van der Waals surface area contributed by atoms with Gasteiger partial charge < -0.3 is 14.4 Å². The minimum Gasteiger partial charge on any atom is -0.493 e. The Labute approximate surface area is 125 Å². The topological polar surface area (TPSA) is 55.8 Å². The maximum Gasteiger partial charge on any atom is 0.260 e. The van der Waals surface area contributed by atoms with E-state index >= 15 is 0 Å². The Kier molecular flexibility index (Phi) is 7.29. The average molecular weight is 293 g/mol. The van der Waals surface area contributed by atoms with Crippen LogP contribution in [-0.4, -0.2) is 43.9 Å². The lowest BCUT2D eigenvalue weighted by Crippen LogP contribution is -2.35. The van der Waals surface area contributed by atoms with E-state index in [-0.39, 0.29) is 12.5 Å². The molecule has 0 atom stereocenters. The van der Waals surface area contributed by atoms with Crippen LogP contribution in [0.25, 0.3) is 0 Å². The van der Waals surface area contributed by atoms with Gasteiger partial charge in [-0.05, 0) is 31.5 Å². The van der Waals surface area contributed by atoms with Crippen molar-refractivity contribution in [3.05, 3.63) is 23.8 Å². The molecule has 1 rings (SSSR count). The van der Waals surface area contributed by atoms with Crippen molar-refractivity contribution >= 4 is 12.2 Å². The van der Waals surface area contributed by atoms with Crippen LogP contribution in [0.15, 0.2) is 18.2 Å². The maximum absolute atomic E-state index is 12.1. The predicted octanol–water partition coefficient (Wildman–Crippen LogP) is 2.54. The third kappa shape index (κ3) is 5.10. The maximum atomic E-state index is 12.1. The fourth-order valence-electron chi connectivity index (χ4n) is 1.92. The summed E-state index contributed by atoms with van der Waals surface area (Å²) in [5, 5.41) is 0. The Bertz CT molecular complexity index is 473. The molecule has 0 unspecified atom stereocenters. The zero-order valence-corrected chi connectivity index (χ0v) is 12.9. The van der Waals surface area contributed by atoms with Crippen molar-refractivity contribution in [1.29, 1.82) is 0 Å². The van der Waals surface area contributed by atoms with E-state index in [1.807, 2.05) is 6.92 Å². The second-order valence-corrected chi connectivity index (χ2v) is 4.64. The van der Waals surface area contributed by atoms with Crippen molar-refractivity contribution in [3.63, 3.8) is 0 Å². The van der Waals surface area contributed by atoms with Crippen molar-refractivity contribution in [1.82, 2.24) is 4.90 Å². The van der Waals surface area contributed by atoms with Crippen LogP contribution < -0.4 is 9.47 Å². The number of hydrogen-bond donors (Lipinski definition) is 0. The molecule has 1 amide bonds. The van der Waals surface area contributed by atoms with Gasteiger partial charge in [0.05, 0.1) is 7.11 Å².